The van der Waals surface area contributed by atoms with Crippen molar-refractivity contribution in [2.75, 3.05) is 17.3 Å². The summed E-state index contributed by atoms with van der Waals surface area (Å²) in [6.45, 7) is 7.63. The maximum absolute atomic E-state index is 14.8. The fourth-order valence-corrected chi connectivity index (χ4v) is 8.76. The third kappa shape index (κ3) is 5.61. The first-order valence-corrected chi connectivity index (χ1v) is 17.4. The average molecular weight is 751 g/mol. The molecule has 1 unspecified atom stereocenters. The maximum Gasteiger partial charge on any atom is 0.433 e. The number of methoxy groups -OCH3 is 1. The van der Waals surface area contributed by atoms with E-state index >= 15 is 0 Å². The van der Waals surface area contributed by atoms with Gasteiger partial charge in [0.15, 0.2) is 23.2 Å². The number of nitrogens with zero attached hydrogens (tertiary/aromatic N) is 3. The number of H-pyrrole nitrogens is 2. The summed E-state index contributed by atoms with van der Waals surface area (Å²) >= 11 is 0. The van der Waals surface area contributed by atoms with Crippen LogP contribution < -0.4 is 15.0 Å². The summed E-state index contributed by atoms with van der Waals surface area (Å²) in [5.41, 5.74) is -1.26. The van der Waals surface area contributed by atoms with Gasteiger partial charge in [-0.2, -0.15) is 36.5 Å². The number of halogens is 6. The van der Waals surface area contributed by atoms with E-state index in [1.807, 2.05) is 27.7 Å². The molecule has 0 fully saturated rings. The Morgan fingerprint density at radius 2 is 1.33 bits per heavy atom. The minimum Gasteiger partial charge on any atom is -0.496 e. The summed E-state index contributed by atoms with van der Waals surface area (Å²) < 4.78 is 93.1. The number of rotatable bonds is 4. The molecule has 8 rings (SSSR count). The first-order chi connectivity index (χ1) is 25.3. The first-order valence-electron chi connectivity index (χ1n) is 17.4. The summed E-state index contributed by atoms with van der Waals surface area (Å²) in [7, 11) is 1.41. The molecule has 2 aromatic carbocycles. The number of hydrogen-bond acceptors (Lipinski definition) is 7. The van der Waals surface area contributed by atoms with Crippen LogP contribution in [0.1, 0.15) is 98.9 Å². The molecule has 0 radical (unpaired) electrons. The molecular formula is C39H36F6N6O3. The van der Waals surface area contributed by atoms with E-state index in [0.717, 1.165) is 0 Å². The van der Waals surface area contributed by atoms with Crippen molar-refractivity contribution in [2.45, 2.75) is 77.6 Å². The molecule has 2 aromatic heterocycles. The highest BCUT2D eigenvalue weighted by Crippen LogP contribution is 2.57. The number of fused-ring (bicyclic) bond motifs is 2. The molecule has 2 aliphatic heterocycles. The van der Waals surface area contributed by atoms with Gasteiger partial charge in [-0.3, -0.25) is 24.7 Å². The minimum absolute atomic E-state index is 0.0299. The number of Topliss-reactive ketones (excluding diaryl/α,β-unsaturated/α-hetero) is 2. The van der Waals surface area contributed by atoms with E-state index < -0.39 is 46.4 Å². The van der Waals surface area contributed by atoms with Crippen LogP contribution in [0.5, 0.6) is 5.75 Å². The molecule has 9 nitrogen and oxygen atoms in total. The van der Waals surface area contributed by atoms with Crippen molar-refractivity contribution in [2.24, 2.45) is 10.8 Å². The molecule has 0 spiro atoms. The Bertz CT molecular complexity index is 2290. The normalized spacial score (nSPS) is 22.0. The largest absolute Gasteiger partial charge is 0.496 e. The van der Waals surface area contributed by atoms with Crippen molar-refractivity contribution < 1.29 is 40.7 Å². The number of anilines is 3. The lowest BCUT2D eigenvalue weighted by Gasteiger charge is -2.43. The fraction of sp³-hybridized carbons (Fsp3) is 0.385. The zero-order valence-electron chi connectivity index (χ0n) is 29.9. The van der Waals surface area contributed by atoms with Gasteiger partial charge in [-0.15, -0.1) is 0 Å². The summed E-state index contributed by atoms with van der Waals surface area (Å²) in [4.78, 5) is 29.5. The first kappa shape index (κ1) is 35.7. The van der Waals surface area contributed by atoms with Crippen LogP contribution in [0.25, 0.3) is 0 Å². The molecule has 0 bridgehead atoms. The van der Waals surface area contributed by atoms with Gasteiger partial charge in [-0.25, -0.2) is 0 Å². The lowest BCUT2D eigenvalue weighted by molar-refractivity contribution is -0.142. The SMILES string of the molecule is COc1ccccc1[C@H]1C2=C(CC(C)(C)CC2=O)N(c2ccc(C3C4=C(CC(C)(C)CC4=O)Nc4n[nH]c(C(F)(F)F)c43)cc2)c2n[nH]c(C(F)(F)F)c21. The van der Waals surface area contributed by atoms with E-state index in [1.165, 1.54) is 12.0 Å². The van der Waals surface area contributed by atoms with E-state index in [1.54, 1.807) is 48.5 Å². The highest BCUT2D eigenvalue weighted by molar-refractivity contribution is 6.03. The van der Waals surface area contributed by atoms with Gasteiger partial charge < -0.3 is 10.1 Å². The maximum atomic E-state index is 14.8. The van der Waals surface area contributed by atoms with Gasteiger partial charge in [0.05, 0.1) is 7.11 Å². The summed E-state index contributed by atoms with van der Waals surface area (Å²) in [6.07, 6.45) is -8.76. The van der Waals surface area contributed by atoms with Gasteiger partial charge in [-0.05, 0) is 47.4 Å². The topological polar surface area (TPSA) is 116 Å². The quantitative estimate of drug-likeness (QED) is 0.178. The van der Waals surface area contributed by atoms with Gasteiger partial charge in [0.25, 0.3) is 0 Å². The lowest BCUT2D eigenvalue weighted by atomic mass is 9.68. The van der Waals surface area contributed by atoms with Crippen molar-refractivity contribution >= 4 is 28.9 Å². The number of aromatic nitrogens is 4. The number of carbonyl (C=O) groups excluding carboxylic acids is 2. The molecule has 2 aliphatic carbocycles. The minimum atomic E-state index is -4.87. The van der Waals surface area contributed by atoms with Crippen LogP contribution in [-0.4, -0.2) is 39.1 Å². The number of benzene rings is 2. The third-order valence-corrected chi connectivity index (χ3v) is 10.8. The van der Waals surface area contributed by atoms with Crippen molar-refractivity contribution in [3.8, 4) is 5.75 Å². The van der Waals surface area contributed by atoms with Crippen LogP contribution in [0.15, 0.2) is 71.1 Å². The van der Waals surface area contributed by atoms with Gasteiger partial charge in [-0.1, -0.05) is 58.0 Å². The van der Waals surface area contributed by atoms with Crippen molar-refractivity contribution in [3.05, 3.63) is 105 Å². The van der Waals surface area contributed by atoms with Crippen molar-refractivity contribution in [1.29, 1.82) is 0 Å². The molecule has 2 atom stereocenters. The van der Waals surface area contributed by atoms with Crippen LogP contribution >= 0.6 is 0 Å². The van der Waals surface area contributed by atoms with Crippen LogP contribution in [0.4, 0.5) is 43.7 Å². The Hall–Kier alpha value is -5.34. The highest BCUT2D eigenvalue weighted by Gasteiger charge is 2.51. The Labute approximate surface area is 305 Å². The number of hydrogen-bond donors (Lipinski definition) is 3. The van der Waals surface area contributed by atoms with Gasteiger partial charge in [0.1, 0.15) is 17.1 Å². The van der Waals surface area contributed by atoms with E-state index in [-0.39, 0.29) is 58.3 Å². The number of ketones is 2. The van der Waals surface area contributed by atoms with Crippen molar-refractivity contribution in [3.63, 3.8) is 0 Å². The fourth-order valence-electron chi connectivity index (χ4n) is 8.76. The van der Waals surface area contributed by atoms with Crippen LogP contribution in [-0.2, 0) is 21.9 Å². The standard InChI is InChI=1S/C39H36F6N6O3/c1-36(2)14-21-28(23(52)16-36)26(30-32(38(40,41)42)47-49-34(30)46-21)18-10-12-19(13-11-18)51-22-15-37(3,4)17-24(53)29(22)27(20-8-6-7-9-25(20)54-5)31-33(39(43,44)45)48-50-35(31)51/h6-13,26-27H,14-17H2,1-5H3,(H,48,50)(H2,46,47,49)/t26?,27-/m0/s1. The molecular weight excluding hydrogens is 714 g/mol. The number of para-hydroxylation sites is 1. The summed E-state index contributed by atoms with van der Waals surface area (Å²) in [5.74, 6) is -2.70. The molecule has 0 saturated carbocycles. The van der Waals surface area contributed by atoms with E-state index in [4.69, 9.17) is 4.74 Å². The molecule has 4 aromatic rings. The number of alkyl halides is 6. The predicted octanol–water partition coefficient (Wildman–Crippen LogP) is 9.31. The highest BCUT2D eigenvalue weighted by atomic mass is 19.4. The number of carbonyl (C=O) groups is 2. The Kier molecular flexibility index (Phi) is 7.82. The number of allylic oxidation sites excluding steroid dienone is 4. The van der Waals surface area contributed by atoms with Gasteiger partial charge in [0.2, 0.25) is 0 Å². The van der Waals surface area contributed by atoms with E-state index in [0.29, 0.717) is 46.8 Å². The molecule has 0 amide bonds. The molecule has 4 aliphatic rings. The zero-order chi connectivity index (χ0) is 38.7. The second-order valence-corrected chi connectivity index (χ2v) is 16.0. The molecule has 54 heavy (non-hydrogen) atoms. The van der Waals surface area contributed by atoms with E-state index in [2.05, 4.69) is 25.7 Å². The Morgan fingerprint density at radius 1 is 0.741 bits per heavy atom. The number of aromatic amines is 2. The molecule has 15 heteroatoms. The second kappa shape index (κ2) is 11.8. The Balaban J connectivity index is 1.33. The van der Waals surface area contributed by atoms with Crippen LogP contribution in [0, 0.1) is 10.8 Å². The molecule has 0 saturated heterocycles. The van der Waals surface area contributed by atoms with E-state index in [9.17, 15) is 35.9 Å². The Morgan fingerprint density at radius 3 is 1.98 bits per heavy atom. The molecule has 3 N–H and O–H groups in total. The molecule has 4 heterocycles. The number of nitrogens with one attached hydrogen (secondary N) is 3. The summed E-state index contributed by atoms with van der Waals surface area (Å²) in [6, 6.07) is 12.9. The average Bonchev–Trinajstić information content (AvgIpc) is 3.71. The van der Waals surface area contributed by atoms with Gasteiger partial charge in [0, 0.05) is 69.6 Å². The monoisotopic (exact) mass is 750 g/mol. The van der Waals surface area contributed by atoms with Crippen molar-refractivity contribution in [1.82, 2.24) is 20.4 Å². The zero-order valence-corrected chi connectivity index (χ0v) is 29.9. The smallest absolute Gasteiger partial charge is 0.433 e. The molecule has 282 valence electrons. The third-order valence-electron chi connectivity index (χ3n) is 10.8. The predicted molar refractivity (Wildman–Crippen MR) is 186 cm³/mol. The summed E-state index contributed by atoms with van der Waals surface area (Å²) in [5, 5.41) is 15.5. The number of ether oxygens (including phenoxy) is 1. The van der Waals surface area contributed by atoms with Crippen LogP contribution in [0.2, 0.25) is 0 Å². The van der Waals surface area contributed by atoms with Crippen LogP contribution in [0.3, 0.4) is 0 Å². The lowest BCUT2D eigenvalue weighted by Crippen LogP contribution is -2.38. The van der Waals surface area contributed by atoms with Gasteiger partial charge >= 0.3 is 12.4 Å². The second-order valence-electron chi connectivity index (χ2n) is 16.0.